The second kappa shape index (κ2) is 5.13. The van der Waals surface area contributed by atoms with Crippen LogP contribution < -0.4 is 5.32 Å². The first kappa shape index (κ1) is 13.7. The molecule has 1 aromatic rings. The maximum atomic E-state index is 12.1. The number of halogens is 1. The Morgan fingerprint density at radius 3 is 2.78 bits per heavy atom. The van der Waals surface area contributed by atoms with Gasteiger partial charge in [-0.05, 0) is 42.8 Å². The third kappa shape index (κ3) is 2.83. The highest BCUT2D eigenvalue weighted by atomic mass is 79.9. The first-order valence-corrected chi connectivity index (χ1v) is 7.82. The number of benzene rings is 1. The summed E-state index contributed by atoms with van der Waals surface area (Å²) in [6, 6.07) is 5.99. The van der Waals surface area contributed by atoms with Crippen LogP contribution in [-0.4, -0.2) is 21.2 Å². The summed E-state index contributed by atoms with van der Waals surface area (Å²) in [4.78, 5) is 0. The predicted octanol–water partition coefficient (Wildman–Crippen LogP) is 3.52. The standard InChI is InChI=1S/C13H17BrN2OS/c1-13(2,3)18(17)16-11-7-8-15-12-9(11)5-4-6-10(12)14/h4-6,15H,7-8H2,1-3H3/b16-11+/t18-/m1/s1. The van der Waals surface area contributed by atoms with Crippen molar-refractivity contribution < 1.29 is 4.21 Å². The monoisotopic (exact) mass is 328 g/mol. The average molecular weight is 329 g/mol. The summed E-state index contributed by atoms with van der Waals surface area (Å²) >= 11 is 3.52. The molecule has 0 aromatic heterocycles. The van der Waals surface area contributed by atoms with Gasteiger partial charge in [0.2, 0.25) is 0 Å². The minimum Gasteiger partial charge on any atom is -0.383 e. The van der Waals surface area contributed by atoms with E-state index in [-0.39, 0.29) is 4.75 Å². The van der Waals surface area contributed by atoms with Gasteiger partial charge in [-0.15, -0.1) is 0 Å². The Hall–Kier alpha value is -0.680. The Balaban J connectivity index is 2.42. The smallest absolute Gasteiger partial charge is 0.145 e. The highest BCUT2D eigenvalue weighted by Gasteiger charge is 2.22. The topological polar surface area (TPSA) is 41.5 Å². The van der Waals surface area contributed by atoms with Crippen molar-refractivity contribution in [2.24, 2.45) is 4.40 Å². The number of anilines is 1. The van der Waals surface area contributed by atoms with E-state index in [1.54, 1.807) is 0 Å². The molecule has 18 heavy (non-hydrogen) atoms. The lowest BCUT2D eigenvalue weighted by atomic mass is 10.0. The van der Waals surface area contributed by atoms with E-state index in [1.165, 1.54) is 0 Å². The molecule has 0 saturated carbocycles. The normalized spacial score (nSPS) is 19.2. The first-order chi connectivity index (χ1) is 8.39. The number of para-hydroxylation sites is 1. The van der Waals surface area contributed by atoms with Crippen LogP contribution in [0.4, 0.5) is 5.69 Å². The SMILES string of the molecule is CC(C)(C)[S@@](=O)/N=C1\CCNc2c(Br)cccc21. The van der Waals surface area contributed by atoms with Crippen LogP contribution in [0.3, 0.4) is 0 Å². The van der Waals surface area contributed by atoms with Crippen LogP contribution in [-0.2, 0) is 11.0 Å². The minimum absolute atomic E-state index is 0.315. The molecule has 2 rings (SSSR count). The quantitative estimate of drug-likeness (QED) is 0.856. The third-order valence-electron chi connectivity index (χ3n) is 2.71. The van der Waals surface area contributed by atoms with E-state index < -0.39 is 11.0 Å². The van der Waals surface area contributed by atoms with E-state index >= 15 is 0 Å². The van der Waals surface area contributed by atoms with Crippen molar-refractivity contribution in [1.82, 2.24) is 0 Å². The van der Waals surface area contributed by atoms with E-state index in [0.717, 1.165) is 34.4 Å². The number of rotatable bonds is 1. The van der Waals surface area contributed by atoms with Crippen molar-refractivity contribution >= 4 is 38.3 Å². The molecule has 0 saturated heterocycles. The number of hydrogen-bond acceptors (Lipinski definition) is 2. The lowest BCUT2D eigenvalue weighted by Gasteiger charge is -2.22. The molecule has 5 heteroatoms. The van der Waals surface area contributed by atoms with Gasteiger partial charge in [0.25, 0.3) is 0 Å². The molecule has 0 fully saturated rings. The van der Waals surface area contributed by atoms with Gasteiger partial charge in [-0.25, -0.2) is 4.21 Å². The fourth-order valence-electron chi connectivity index (χ4n) is 1.72. The van der Waals surface area contributed by atoms with Crippen LogP contribution in [0.1, 0.15) is 32.8 Å². The van der Waals surface area contributed by atoms with Gasteiger partial charge in [-0.2, -0.15) is 4.40 Å². The maximum Gasteiger partial charge on any atom is 0.145 e. The summed E-state index contributed by atoms with van der Waals surface area (Å²) in [6.45, 7) is 6.65. The second-order valence-corrected chi connectivity index (χ2v) is 8.00. The van der Waals surface area contributed by atoms with Crippen molar-refractivity contribution in [3.63, 3.8) is 0 Å². The molecule has 0 bridgehead atoms. The van der Waals surface area contributed by atoms with Gasteiger partial charge in [-0.1, -0.05) is 12.1 Å². The molecule has 1 heterocycles. The zero-order valence-corrected chi connectivity index (χ0v) is 13.2. The van der Waals surface area contributed by atoms with Crippen LogP contribution in [0.2, 0.25) is 0 Å². The molecule has 0 spiro atoms. The summed E-state index contributed by atoms with van der Waals surface area (Å²) in [5, 5.41) is 3.35. The van der Waals surface area contributed by atoms with Crippen LogP contribution in [0.25, 0.3) is 0 Å². The highest BCUT2D eigenvalue weighted by molar-refractivity contribution is 9.10. The lowest BCUT2D eigenvalue weighted by molar-refractivity contribution is 0.650. The van der Waals surface area contributed by atoms with Gasteiger partial charge in [-0.3, -0.25) is 0 Å². The van der Waals surface area contributed by atoms with E-state index in [9.17, 15) is 4.21 Å². The number of nitrogens with one attached hydrogen (secondary N) is 1. The number of nitrogens with zero attached hydrogens (tertiary/aromatic N) is 1. The Kier molecular flexibility index (Phi) is 3.92. The molecule has 1 aliphatic heterocycles. The van der Waals surface area contributed by atoms with Crippen molar-refractivity contribution in [3.8, 4) is 0 Å². The zero-order valence-electron chi connectivity index (χ0n) is 10.8. The highest BCUT2D eigenvalue weighted by Crippen LogP contribution is 2.31. The van der Waals surface area contributed by atoms with Gasteiger partial charge in [0.05, 0.1) is 16.1 Å². The first-order valence-electron chi connectivity index (χ1n) is 5.92. The average Bonchev–Trinajstić information content (AvgIpc) is 2.29. The largest absolute Gasteiger partial charge is 0.383 e. The molecular weight excluding hydrogens is 312 g/mol. The molecule has 1 aliphatic rings. The van der Waals surface area contributed by atoms with Gasteiger partial charge in [0, 0.05) is 23.0 Å². The summed E-state index contributed by atoms with van der Waals surface area (Å²) in [5.74, 6) is 0. The molecule has 0 aliphatic carbocycles. The third-order valence-corrected chi connectivity index (χ3v) is 4.80. The van der Waals surface area contributed by atoms with Crippen molar-refractivity contribution in [3.05, 3.63) is 28.2 Å². The zero-order chi connectivity index (χ0) is 13.3. The Labute approximate surface area is 119 Å². The van der Waals surface area contributed by atoms with Crippen LogP contribution in [0.15, 0.2) is 27.1 Å². The number of fused-ring (bicyclic) bond motifs is 1. The van der Waals surface area contributed by atoms with Gasteiger partial charge in [0.1, 0.15) is 11.0 Å². The molecule has 0 radical (unpaired) electrons. The van der Waals surface area contributed by atoms with E-state index in [4.69, 9.17) is 0 Å². The fraction of sp³-hybridized carbons (Fsp3) is 0.462. The summed E-state index contributed by atoms with van der Waals surface area (Å²) in [7, 11) is -1.20. The van der Waals surface area contributed by atoms with E-state index in [0.29, 0.717) is 0 Å². The summed E-state index contributed by atoms with van der Waals surface area (Å²) in [5.41, 5.74) is 3.03. The summed E-state index contributed by atoms with van der Waals surface area (Å²) in [6.07, 6.45) is 0.811. The Morgan fingerprint density at radius 2 is 2.11 bits per heavy atom. The van der Waals surface area contributed by atoms with Crippen molar-refractivity contribution in [2.75, 3.05) is 11.9 Å². The van der Waals surface area contributed by atoms with E-state index in [1.807, 2.05) is 39.0 Å². The number of hydrogen-bond donors (Lipinski definition) is 1. The predicted molar refractivity (Wildman–Crippen MR) is 81.7 cm³/mol. The van der Waals surface area contributed by atoms with Crippen LogP contribution in [0.5, 0.6) is 0 Å². The molecule has 0 amide bonds. The molecule has 98 valence electrons. The van der Waals surface area contributed by atoms with E-state index in [2.05, 4.69) is 25.6 Å². The Bertz CT molecular complexity index is 520. The van der Waals surface area contributed by atoms with Gasteiger partial charge >= 0.3 is 0 Å². The molecular formula is C13H17BrN2OS. The van der Waals surface area contributed by atoms with Crippen molar-refractivity contribution in [2.45, 2.75) is 31.9 Å². The maximum absolute atomic E-state index is 12.1. The molecule has 1 aromatic carbocycles. The van der Waals surface area contributed by atoms with Crippen molar-refractivity contribution in [1.29, 1.82) is 0 Å². The second-order valence-electron chi connectivity index (χ2n) is 5.24. The molecule has 0 unspecified atom stereocenters. The minimum atomic E-state index is -1.20. The Morgan fingerprint density at radius 1 is 1.39 bits per heavy atom. The molecule has 1 atom stereocenters. The molecule has 1 N–H and O–H groups in total. The molecule has 3 nitrogen and oxygen atoms in total. The van der Waals surface area contributed by atoms with Gasteiger partial charge in [0.15, 0.2) is 0 Å². The van der Waals surface area contributed by atoms with Crippen LogP contribution >= 0.6 is 15.9 Å². The lowest BCUT2D eigenvalue weighted by Crippen LogP contribution is -2.24. The fourth-order valence-corrected chi connectivity index (χ4v) is 2.89. The van der Waals surface area contributed by atoms with Crippen LogP contribution in [0, 0.1) is 0 Å². The van der Waals surface area contributed by atoms with Gasteiger partial charge < -0.3 is 5.32 Å². The summed E-state index contributed by atoms with van der Waals surface area (Å²) < 4.78 is 17.2.